The molecule has 2 rings (SSSR count). The van der Waals surface area contributed by atoms with Crippen molar-refractivity contribution in [2.75, 3.05) is 13.1 Å². The van der Waals surface area contributed by atoms with Crippen molar-refractivity contribution in [1.29, 1.82) is 0 Å². The fraction of sp³-hybridized carbons (Fsp3) is 0.455. The summed E-state index contributed by atoms with van der Waals surface area (Å²) >= 11 is 5.82. The van der Waals surface area contributed by atoms with E-state index in [0.717, 1.165) is 19.5 Å². The molecule has 2 nitrogen and oxygen atoms in total. The van der Waals surface area contributed by atoms with Gasteiger partial charge in [0, 0.05) is 36.3 Å². The van der Waals surface area contributed by atoms with E-state index in [1.165, 1.54) is 6.07 Å². The Balaban J connectivity index is 0.00000128. The van der Waals surface area contributed by atoms with E-state index < -0.39 is 0 Å². The molecule has 0 radical (unpaired) electrons. The summed E-state index contributed by atoms with van der Waals surface area (Å²) in [4.78, 5) is 2.15. The Kier molecular flexibility index (Phi) is 4.99. The first-order valence-electron chi connectivity index (χ1n) is 5.07. The molecule has 0 unspecified atom stereocenters. The molecule has 1 aromatic rings. The predicted molar refractivity (Wildman–Crippen MR) is 66.5 cm³/mol. The van der Waals surface area contributed by atoms with Crippen LogP contribution in [0.25, 0.3) is 0 Å². The van der Waals surface area contributed by atoms with Crippen LogP contribution >= 0.6 is 24.0 Å². The fourth-order valence-electron chi connectivity index (χ4n) is 1.91. The van der Waals surface area contributed by atoms with Gasteiger partial charge in [-0.15, -0.1) is 12.4 Å². The van der Waals surface area contributed by atoms with Crippen molar-refractivity contribution in [3.05, 3.63) is 34.6 Å². The first kappa shape index (κ1) is 13.7. The van der Waals surface area contributed by atoms with Gasteiger partial charge in [-0.05, 0) is 24.6 Å². The molecule has 1 saturated heterocycles. The fourth-order valence-corrected chi connectivity index (χ4v) is 2.11. The number of nitrogens with zero attached hydrogens (tertiary/aromatic N) is 1. The minimum atomic E-state index is -0.195. The van der Waals surface area contributed by atoms with Crippen LogP contribution in [0.5, 0.6) is 0 Å². The third kappa shape index (κ3) is 3.32. The van der Waals surface area contributed by atoms with Crippen LogP contribution in [-0.4, -0.2) is 24.0 Å². The van der Waals surface area contributed by atoms with E-state index in [0.29, 0.717) is 17.1 Å². The molecule has 0 spiro atoms. The maximum atomic E-state index is 13.4. The molecule has 2 N–H and O–H groups in total. The molecule has 1 aliphatic heterocycles. The van der Waals surface area contributed by atoms with Gasteiger partial charge in [0.05, 0.1) is 0 Å². The van der Waals surface area contributed by atoms with E-state index in [1.54, 1.807) is 12.1 Å². The Morgan fingerprint density at radius 3 is 2.88 bits per heavy atom. The van der Waals surface area contributed by atoms with Gasteiger partial charge in [0.25, 0.3) is 0 Å². The zero-order chi connectivity index (χ0) is 10.8. The van der Waals surface area contributed by atoms with Gasteiger partial charge in [-0.2, -0.15) is 0 Å². The van der Waals surface area contributed by atoms with Gasteiger partial charge in [-0.1, -0.05) is 11.6 Å². The lowest BCUT2D eigenvalue weighted by Crippen LogP contribution is -2.26. The molecule has 1 aromatic carbocycles. The summed E-state index contributed by atoms with van der Waals surface area (Å²) in [5.41, 5.74) is 6.43. The van der Waals surface area contributed by atoms with Gasteiger partial charge in [-0.25, -0.2) is 4.39 Å². The Labute approximate surface area is 106 Å². The number of nitrogens with two attached hydrogens (primary N) is 1. The number of hydrogen-bond acceptors (Lipinski definition) is 2. The third-order valence-electron chi connectivity index (χ3n) is 2.71. The summed E-state index contributed by atoms with van der Waals surface area (Å²) in [6.45, 7) is 2.37. The van der Waals surface area contributed by atoms with Crippen LogP contribution in [0.4, 0.5) is 4.39 Å². The first-order valence-corrected chi connectivity index (χ1v) is 5.45. The van der Waals surface area contributed by atoms with Crippen LogP contribution in [0.3, 0.4) is 0 Å². The SMILES string of the molecule is Cl.N[C@@H]1CCN(Cc2cc(Cl)ccc2F)C1. The summed E-state index contributed by atoms with van der Waals surface area (Å²) in [6, 6.07) is 4.89. The molecule has 1 heterocycles. The molecule has 0 saturated carbocycles. The molecular formula is C11H15Cl2FN2. The summed E-state index contributed by atoms with van der Waals surface area (Å²) in [6.07, 6.45) is 0.988. The molecule has 1 atom stereocenters. The third-order valence-corrected chi connectivity index (χ3v) is 2.95. The normalized spacial score (nSPS) is 20.8. The van der Waals surface area contributed by atoms with E-state index in [4.69, 9.17) is 17.3 Å². The molecular weight excluding hydrogens is 250 g/mol. The molecule has 0 amide bonds. The van der Waals surface area contributed by atoms with Crippen molar-refractivity contribution in [2.24, 2.45) is 5.73 Å². The van der Waals surface area contributed by atoms with Gasteiger partial charge < -0.3 is 5.73 Å². The summed E-state index contributed by atoms with van der Waals surface area (Å²) in [5.74, 6) is -0.195. The maximum absolute atomic E-state index is 13.4. The monoisotopic (exact) mass is 264 g/mol. The van der Waals surface area contributed by atoms with Crippen molar-refractivity contribution >= 4 is 24.0 Å². The largest absolute Gasteiger partial charge is 0.326 e. The first-order chi connectivity index (χ1) is 7.15. The highest BCUT2D eigenvalue weighted by Crippen LogP contribution is 2.18. The number of likely N-dealkylation sites (tertiary alicyclic amines) is 1. The van der Waals surface area contributed by atoms with Crippen LogP contribution in [-0.2, 0) is 6.54 Å². The van der Waals surface area contributed by atoms with Gasteiger partial charge in [0.2, 0.25) is 0 Å². The van der Waals surface area contributed by atoms with Gasteiger partial charge in [-0.3, -0.25) is 4.90 Å². The zero-order valence-electron chi connectivity index (χ0n) is 8.83. The highest BCUT2D eigenvalue weighted by Gasteiger charge is 2.19. The molecule has 16 heavy (non-hydrogen) atoms. The van der Waals surface area contributed by atoms with Crippen LogP contribution in [0.15, 0.2) is 18.2 Å². The van der Waals surface area contributed by atoms with E-state index in [9.17, 15) is 4.39 Å². The molecule has 1 aliphatic rings. The van der Waals surface area contributed by atoms with Gasteiger partial charge in [0.15, 0.2) is 0 Å². The van der Waals surface area contributed by atoms with Crippen molar-refractivity contribution in [3.63, 3.8) is 0 Å². The Bertz CT molecular complexity index is 360. The van der Waals surface area contributed by atoms with E-state index in [1.807, 2.05) is 0 Å². The molecule has 5 heteroatoms. The number of halogens is 3. The highest BCUT2D eigenvalue weighted by atomic mass is 35.5. The minimum Gasteiger partial charge on any atom is -0.326 e. The summed E-state index contributed by atoms with van der Waals surface area (Å²) in [7, 11) is 0. The van der Waals surface area contributed by atoms with E-state index in [-0.39, 0.29) is 24.3 Å². The van der Waals surface area contributed by atoms with Crippen LogP contribution in [0, 0.1) is 5.82 Å². The van der Waals surface area contributed by atoms with Gasteiger partial charge >= 0.3 is 0 Å². The maximum Gasteiger partial charge on any atom is 0.127 e. The predicted octanol–water partition coefficient (Wildman–Crippen LogP) is 2.43. The van der Waals surface area contributed by atoms with Crippen molar-refractivity contribution < 1.29 is 4.39 Å². The number of rotatable bonds is 2. The van der Waals surface area contributed by atoms with Crippen LogP contribution in [0.1, 0.15) is 12.0 Å². The lowest BCUT2D eigenvalue weighted by molar-refractivity contribution is 0.321. The van der Waals surface area contributed by atoms with Crippen molar-refractivity contribution in [3.8, 4) is 0 Å². The van der Waals surface area contributed by atoms with E-state index >= 15 is 0 Å². The number of hydrogen-bond donors (Lipinski definition) is 1. The molecule has 0 aliphatic carbocycles. The molecule has 0 bridgehead atoms. The molecule has 90 valence electrons. The molecule has 0 aromatic heterocycles. The second-order valence-corrected chi connectivity index (χ2v) is 4.46. The molecule has 1 fully saturated rings. The Morgan fingerprint density at radius 2 is 2.25 bits per heavy atom. The van der Waals surface area contributed by atoms with Crippen molar-refractivity contribution in [1.82, 2.24) is 4.90 Å². The lowest BCUT2D eigenvalue weighted by atomic mass is 10.2. The zero-order valence-corrected chi connectivity index (χ0v) is 10.4. The average Bonchev–Trinajstić information content (AvgIpc) is 2.58. The average molecular weight is 265 g/mol. The van der Waals surface area contributed by atoms with Crippen LogP contribution < -0.4 is 5.73 Å². The van der Waals surface area contributed by atoms with Crippen LogP contribution in [0.2, 0.25) is 5.02 Å². The Morgan fingerprint density at radius 1 is 1.50 bits per heavy atom. The highest BCUT2D eigenvalue weighted by molar-refractivity contribution is 6.30. The lowest BCUT2D eigenvalue weighted by Gasteiger charge is -2.15. The van der Waals surface area contributed by atoms with Crippen molar-refractivity contribution in [2.45, 2.75) is 19.0 Å². The topological polar surface area (TPSA) is 29.3 Å². The van der Waals surface area contributed by atoms with Gasteiger partial charge in [0.1, 0.15) is 5.82 Å². The smallest absolute Gasteiger partial charge is 0.127 e. The Hall–Kier alpha value is -0.350. The second kappa shape index (κ2) is 5.82. The summed E-state index contributed by atoms with van der Waals surface area (Å²) < 4.78 is 13.4. The summed E-state index contributed by atoms with van der Waals surface area (Å²) in [5, 5.41) is 0.579. The number of benzene rings is 1. The minimum absolute atomic E-state index is 0. The second-order valence-electron chi connectivity index (χ2n) is 4.02. The van der Waals surface area contributed by atoms with E-state index in [2.05, 4.69) is 4.90 Å². The standard InChI is InChI=1S/C11H14ClFN2.ClH/c12-9-1-2-11(13)8(5-9)6-15-4-3-10(14)7-15;/h1-2,5,10H,3-4,6-7,14H2;1H/t10-;/m1./s1. The quantitative estimate of drug-likeness (QED) is 0.889.